The standard InChI is InChI=1S/C14H16N4O2S/c15-11-12-9(2-1-6-16-12)21-13(11)14(20)17-7-5-10(19)18-8-3-4-8/h1-2,6,8H,3-5,7,15H2,(H,17,20)(H,18,19). The highest BCUT2D eigenvalue weighted by atomic mass is 32.1. The molecule has 2 aromatic heterocycles. The topological polar surface area (TPSA) is 97.1 Å². The molecule has 6 nitrogen and oxygen atoms in total. The second kappa shape index (κ2) is 5.69. The Morgan fingerprint density at radius 1 is 1.43 bits per heavy atom. The zero-order valence-corrected chi connectivity index (χ0v) is 12.2. The summed E-state index contributed by atoms with van der Waals surface area (Å²) in [4.78, 5) is 28.3. The largest absolute Gasteiger partial charge is 0.396 e. The molecule has 110 valence electrons. The molecule has 2 aromatic rings. The molecule has 0 atom stereocenters. The van der Waals surface area contributed by atoms with Gasteiger partial charge in [-0.05, 0) is 25.0 Å². The van der Waals surface area contributed by atoms with Gasteiger partial charge in [0.15, 0.2) is 0 Å². The number of nitrogens with two attached hydrogens (primary N) is 1. The van der Waals surface area contributed by atoms with Crippen molar-refractivity contribution in [1.82, 2.24) is 15.6 Å². The quantitative estimate of drug-likeness (QED) is 0.775. The number of amides is 2. The van der Waals surface area contributed by atoms with Crippen LogP contribution in [0.3, 0.4) is 0 Å². The molecule has 1 saturated carbocycles. The van der Waals surface area contributed by atoms with Crippen molar-refractivity contribution in [2.24, 2.45) is 0 Å². The van der Waals surface area contributed by atoms with Crippen LogP contribution >= 0.6 is 11.3 Å². The van der Waals surface area contributed by atoms with Crippen molar-refractivity contribution in [3.8, 4) is 0 Å². The van der Waals surface area contributed by atoms with Crippen molar-refractivity contribution in [3.63, 3.8) is 0 Å². The van der Waals surface area contributed by atoms with Crippen LogP contribution in [0.25, 0.3) is 10.2 Å². The number of carbonyl (C=O) groups excluding carboxylic acids is 2. The van der Waals surface area contributed by atoms with Crippen LogP contribution in [0.4, 0.5) is 5.69 Å². The summed E-state index contributed by atoms with van der Waals surface area (Å²) in [7, 11) is 0. The summed E-state index contributed by atoms with van der Waals surface area (Å²) >= 11 is 1.31. The molecule has 3 rings (SSSR count). The second-order valence-electron chi connectivity index (χ2n) is 5.04. The molecule has 0 aromatic carbocycles. The van der Waals surface area contributed by atoms with E-state index < -0.39 is 0 Å². The third-order valence-corrected chi connectivity index (χ3v) is 4.43. The molecule has 0 bridgehead atoms. The van der Waals surface area contributed by atoms with Crippen molar-refractivity contribution >= 4 is 39.1 Å². The number of fused-ring (bicyclic) bond motifs is 1. The maximum absolute atomic E-state index is 12.1. The van der Waals surface area contributed by atoms with E-state index in [0.717, 1.165) is 17.5 Å². The Kier molecular flexibility index (Phi) is 3.74. The molecule has 2 amide bonds. The highest BCUT2D eigenvalue weighted by Gasteiger charge is 2.23. The van der Waals surface area contributed by atoms with Gasteiger partial charge in [0, 0.05) is 25.2 Å². The number of rotatable bonds is 5. The number of thiophene rings is 1. The van der Waals surface area contributed by atoms with E-state index in [2.05, 4.69) is 15.6 Å². The van der Waals surface area contributed by atoms with Gasteiger partial charge in [-0.15, -0.1) is 11.3 Å². The summed E-state index contributed by atoms with van der Waals surface area (Å²) in [5.41, 5.74) is 7.00. The van der Waals surface area contributed by atoms with Gasteiger partial charge in [-0.2, -0.15) is 0 Å². The minimum atomic E-state index is -0.255. The highest BCUT2D eigenvalue weighted by molar-refractivity contribution is 7.21. The second-order valence-corrected chi connectivity index (χ2v) is 6.09. The Balaban J connectivity index is 1.58. The number of carbonyl (C=O) groups is 2. The molecule has 7 heteroatoms. The monoisotopic (exact) mass is 304 g/mol. The zero-order chi connectivity index (χ0) is 14.8. The van der Waals surface area contributed by atoms with Gasteiger partial charge in [-0.3, -0.25) is 14.6 Å². The van der Waals surface area contributed by atoms with Crippen LogP contribution < -0.4 is 16.4 Å². The van der Waals surface area contributed by atoms with E-state index in [1.165, 1.54) is 11.3 Å². The van der Waals surface area contributed by atoms with Gasteiger partial charge in [0.1, 0.15) is 10.4 Å². The number of nitrogen functional groups attached to an aromatic ring is 1. The summed E-state index contributed by atoms with van der Waals surface area (Å²) in [5.74, 6) is -0.279. The highest BCUT2D eigenvalue weighted by Crippen LogP contribution is 2.31. The maximum Gasteiger partial charge on any atom is 0.263 e. The fourth-order valence-electron chi connectivity index (χ4n) is 2.01. The van der Waals surface area contributed by atoms with Gasteiger partial charge < -0.3 is 16.4 Å². The molecule has 4 N–H and O–H groups in total. The van der Waals surface area contributed by atoms with Crippen molar-refractivity contribution in [3.05, 3.63) is 23.2 Å². The number of pyridine rings is 1. The Morgan fingerprint density at radius 2 is 2.24 bits per heavy atom. The van der Waals surface area contributed by atoms with E-state index in [-0.39, 0.29) is 18.2 Å². The van der Waals surface area contributed by atoms with E-state index in [0.29, 0.717) is 28.7 Å². The maximum atomic E-state index is 12.1. The number of hydrogen-bond acceptors (Lipinski definition) is 5. The lowest BCUT2D eigenvalue weighted by atomic mass is 10.3. The molecular weight excluding hydrogens is 288 g/mol. The van der Waals surface area contributed by atoms with Crippen molar-refractivity contribution in [2.45, 2.75) is 25.3 Å². The summed E-state index contributed by atoms with van der Waals surface area (Å²) in [5, 5.41) is 5.61. The first kappa shape index (κ1) is 13.8. The third kappa shape index (κ3) is 3.13. The lowest BCUT2D eigenvalue weighted by molar-refractivity contribution is -0.121. The summed E-state index contributed by atoms with van der Waals surface area (Å²) in [6.07, 6.45) is 4.05. The number of hydrogen-bond donors (Lipinski definition) is 3. The van der Waals surface area contributed by atoms with Crippen LogP contribution in [0, 0.1) is 0 Å². The Morgan fingerprint density at radius 3 is 2.95 bits per heavy atom. The lowest BCUT2D eigenvalue weighted by Crippen LogP contribution is -2.31. The summed E-state index contributed by atoms with van der Waals surface area (Å²) < 4.78 is 0.881. The van der Waals surface area contributed by atoms with Crippen molar-refractivity contribution in [2.75, 3.05) is 12.3 Å². The van der Waals surface area contributed by atoms with E-state index >= 15 is 0 Å². The zero-order valence-electron chi connectivity index (χ0n) is 11.4. The number of nitrogens with zero attached hydrogens (tertiary/aromatic N) is 1. The molecule has 1 fully saturated rings. The number of nitrogens with one attached hydrogen (secondary N) is 2. The SMILES string of the molecule is Nc1c(C(=O)NCCC(=O)NC2CC2)sc2cccnc12. The van der Waals surface area contributed by atoms with E-state index in [1.54, 1.807) is 6.20 Å². The first-order chi connectivity index (χ1) is 10.1. The first-order valence-electron chi connectivity index (χ1n) is 6.85. The van der Waals surface area contributed by atoms with Crippen LogP contribution in [0.2, 0.25) is 0 Å². The van der Waals surface area contributed by atoms with Crippen LogP contribution in [-0.4, -0.2) is 29.4 Å². The smallest absolute Gasteiger partial charge is 0.263 e. The predicted molar refractivity (Wildman–Crippen MR) is 82.1 cm³/mol. The molecule has 21 heavy (non-hydrogen) atoms. The fourth-order valence-corrected chi connectivity index (χ4v) is 3.01. The van der Waals surface area contributed by atoms with Crippen LogP contribution in [0.5, 0.6) is 0 Å². The number of anilines is 1. The van der Waals surface area contributed by atoms with Gasteiger partial charge >= 0.3 is 0 Å². The summed E-state index contributed by atoms with van der Waals surface area (Å²) in [6.45, 7) is 0.304. The number of aromatic nitrogens is 1. The van der Waals surface area contributed by atoms with Gasteiger partial charge in [0.05, 0.1) is 10.4 Å². The first-order valence-corrected chi connectivity index (χ1v) is 7.67. The molecule has 0 unspecified atom stereocenters. The molecule has 2 heterocycles. The van der Waals surface area contributed by atoms with E-state index in [9.17, 15) is 9.59 Å². The Hall–Kier alpha value is -2.15. The molecule has 0 aliphatic heterocycles. The average Bonchev–Trinajstić information content (AvgIpc) is 3.21. The van der Waals surface area contributed by atoms with Gasteiger partial charge in [-0.1, -0.05) is 0 Å². The van der Waals surface area contributed by atoms with Crippen molar-refractivity contribution < 1.29 is 9.59 Å². The van der Waals surface area contributed by atoms with E-state index in [1.807, 2.05) is 12.1 Å². The van der Waals surface area contributed by atoms with Gasteiger partial charge in [0.25, 0.3) is 5.91 Å². The van der Waals surface area contributed by atoms with Crippen molar-refractivity contribution in [1.29, 1.82) is 0 Å². The average molecular weight is 304 g/mol. The van der Waals surface area contributed by atoms with Crippen LogP contribution in [0.1, 0.15) is 28.9 Å². The van der Waals surface area contributed by atoms with Gasteiger partial charge in [-0.25, -0.2) is 0 Å². The van der Waals surface area contributed by atoms with Crippen LogP contribution in [-0.2, 0) is 4.79 Å². The normalized spacial score (nSPS) is 14.1. The fraction of sp³-hybridized carbons (Fsp3) is 0.357. The van der Waals surface area contributed by atoms with Gasteiger partial charge in [0.2, 0.25) is 5.91 Å². The minimum absolute atomic E-state index is 0.0243. The van der Waals surface area contributed by atoms with Crippen LogP contribution in [0.15, 0.2) is 18.3 Å². The molecular formula is C14H16N4O2S. The molecule has 0 spiro atoms. The molecule has 0 saturated heterocycles. The molecule has 1 aliphatic rings. The molecule has 1 aliphatic carbocycles. The predicted octanol–water partition coefficient (Wildman–Crippen LogP) is 1.28. The lowest BCUT2D eigenvalue weighted by Gasteiger charge is -2.05. The Bertz CT molecular complexity index is 693. The van der Waals surface area contributed by atoms with E-state index in [4.69, 9.17) is 5.73 Å². The summed E-state index contributed by atoms with van der Waals surface area (Å²) in [6, 6.07) is 4.03. The minimum Gasteiger partial charge on any atom is -0.396 e. The third-order valence-electron chi connectivity index (χ3n) is 3.27. The molecule has 0 radical (unpaired) electrons. The Labute approximate surface area is 125 Å².